The molecule has 122 valence electrons. The van der Waals surface area contributed by atoms with Gasteiger partial charge in [-0.05, 0) is 49.2 Å². The van der Waals surface area contributed by atoms with E-state index in [0.29, 0.717) is 30.0 Å². The number of carbonyl (C=O) groups is 1. The Morgan fingerprint density at radius 1 is 1.26 bits per heavy atom. The molecule has 4 nitrogen and oxygen atoms in total. The van der Waals surface area contributed by atoms with Gasteiger partial charge in [0.2, 0.25) is 5.91 Å². The Labute approximate surface area is 134 Å². The molecule has 2 aromatic rings. The van der Waals surface area contributed by atoms with Crippen LogP contribution < -0.4 is 10.1 Å². The van der Waals surface area contributed by atoms with Crippen LogP contribution in [0.5, 0.6) is 5.75 Å². The molecule has 0 saturated carbocycles. The first-order valence-corrected chi connectivity index (χ1v) is 7.53. The monoisotopic (exact) mass is 317 g/mol. The second-order valence-corrected chi connectivity index (χ2v) is 5.09. The zero-order chi connectivity index (χ0) is 16.7. The van der Waals surface area contributed by atoms with Crippen molar-refractivity contribution in [3.63, 3.8) is 0 Å². The van der Waals surface area contributed by atoms with Crippen LogP contribution in [0.4, 0.5) is 10.1 Å². The van der Waals surface area contributed by atoms with Crippen molar-refractivity contribution in [2.75, 3.05) is 11.9 Å². The van der Waals surface area contributed by atoms with Gasteiger partial charge in [0.15, 0.2) is 0 Å². The number of benzene rings is 2. The van der Waals surface area contributed by atoms with Crippen molar-refractivity contribution in [3.05, 3.63) is 59.4 Å². The molecule has 0 aromatic heterocycles. The fraction of sp³-hybridized carbons (Fsp3) is 0.278. The first-order chi connectivity index (χ1) is 11.1. The van der Waals surface area contributed by atoms with Gasteiger partial charge in [0.05, 0.1) is 13.2 Å². The van der Waals surface area contributed by atoms with E-state index in [0.717, 1.165) is 5.56 Å². The molecule has 2 rings (SSSR count). The Kier molecular flexibility index (Phi) is 6.11. The molecule has 23 heavy (non-hydrogen) atoms. The number of hydrogen-bond acceptors (Lipinski definition) is 3. The van der Waals surface area contributed by atoms with Crippen LogP contribution in [0.3, 0.4) is 0 Å². The predicted octanol–water partition coefficient (Wildman–Crippen LogP) is 3.29. The smallest absolute Gasteiger partial charge is 0.224 e. The largest absolute Gasteiger partial charge is 0.494 e. The summed E-state index contributed by atoms with van der Waals surface area (Å²) in [6.07, 6.45) is 0.721. The maximum absolute atomic E-state index is 13.1. The first kappa shape index (κ1) is 17.0. The van der Waals surface area contributed by atoms with E-state index in [1.165, 1.54) is 12.1 Å². The van der Waals surface area contributed by atoms with Crippen molar-refractivity contribution >= 4 is 11.6 Å². The molecule has 0 aliphatic heterocycles. The zero-order valence-electron chi connectivity index (χ0n) is 13.0. The van der Waals surface area contributed by atoms with Gasteiger partial charge in [-0.1, -0.05) is 12.1 Å². The molecule has 0 bridgehead atoms. The summed E-state index contributed by atoms with van der Waals surface area (Å²) in [5.41, 5.74) is 2.00. The summed E-state index contributed by atoms with van der Waals surface area (Å²) in [7, 11) is 0. The highest BCUT2D eigenvalue weighted by Gasteiger charge is 2.07. The summed E-state index contributed by atoms with van der Waals surface area (Å²) >= 11 is 0. The maximum atomic E-state index is 13.1. The number of anilines is 1. The van der Waals surface area contributed by atoms with E-state index in [9.17, 15) is 14.3 Å². The fourth-order valence-electron chi connectivity index (χ4n) is 2.25. The number of aliphatic hydroxyl groups is 1. The van der Waals surface area contributed by atoms with E-state index >= 15 is 0 Å². The highest BCUT2D eigenvalue weighted by atomic mass is 19.1. The van der Waals surface area contributed by atoms with Crippen molar-refractivity contribution in [3.8, 4) is 5.75 Å². The highest BCUT2D eigenvalue weighted by molar-refractivity contribution is 5.91. The molecule has 5 heteroatoms. The fourth-order valence-corrected chi connectivity index (χ4v) is 2.25. The molecule has 1 amide bonds. The average Bonchev–Trinajstić information content (AvgIpc) is 2.54. The Bertz CT molecular complexity index is 673. The lowest BCUT2D eigenvalue weighted by Gasteiger charge is -2.11. The van der Waals surface area contributed by atoms with Crippen LogP contribution in [0, 0.1) is 5.82 Å². The van der Waals surface area contributed by atoms with Gasteiger partial charge in [-0.3, -0.25) is 4.79 Å². The molecule has 0 saturated heterocycles. The van der Waals surface area contributed by atoms with E-state index < -0.39 is 0 Å². The number of hydrogen-bond donors (Lipinski definition) is 2. The van der Waals surface area contributed by atoms with Crippen LogP contribution in [0.1, 0.15) is 24.5 Å². The second-order valence-electron chi connectivity index (χ2n) is 5.09. The SMILES string of the molecule is CCOc1ccc(NC(=O)CCc2cccc(F)c2)cc1CO. The molecule has 2 aromatic carbocycles. The van der Waals surface area contributed by atoms with E-state index in [4.69, 9.17) is 4.74 Å². The summed E-state index contributed by atoms with van der Waals surface area (Å²) in [5.74, 6) is 0.136. The lowest BCUT2D eigenvalue weighted by molar-refractivity contribution is -0.116. The molecule has 0 aliphatic rings. The van der Waals surface area contributed by atoms with Crippen molar-refractivity contribution in [2.45, 2.75) is 26.4 Å². The third-order valence-electron chi connectivity index (χ3n) is 3.34. The quantitative estimate of drug-likeness (QED) is 0.824. The van der Waals surface area contributed by atoms with Crippen molar-refractivity contribution in [1.82, 2.24) is 0 Å². The summed E-state index contributed by atoms with van der Waals surface area (Å²) < 4.78 is 18.5. The molecule has 0 radical (unpaired) electrons. The average molecular weight is 317 g/mol. The number of nitrogens with one attached hydrogen (secondary N) is 1. The van der Waals surface area contributed by atoms with E-state index in [-0.39, 0.29) is 24.8 Å². The van der Waals surface area contributed by atoms with Crippen LogP contribution in [-0.4, -0.2) is 17.6 Å². The molecule has 0 fully saturated rings. The molecular weight excluding hydrogens is 297 g/mol. The maximum Gasteiger partial charge on any atom is 0.224 e. The van der Waals surface area contributed by atoms with Gasteiger partial charge in [-0.15, -0.1) is 0 Å². The van der Waals surface area contributed by atoms with Gasteiger partial charge in [0, 0.05) is 17.7 Å². The predicted molar refractivity (Wildman–Crippen MR) is 86.9 cm³/mol. The zero-order valence-corrected chi connectivity index (χ0v) is 13.0. The first-order valence-electron chi connectivity index (χ1n) is 7.53. The van der Waals surface area contributed by atoms with Crippen LogP contribution >= 0.6 is 0 Å². The highest BCUT2D eigenvalue weighted by Crippen LogP contribution is 2.23. The Morgan fingerprint density at radius 2 is 2.09 bits per heavy atom. The lowest BCUT2D eigenvalue weighted by Crippen LogP contribution is -2.12. The Balaban J connectivity index is 1.94. The van der Waals surface area contributed by atoms with Crippen LogP contribution in [0.15, 0.2) is 42.5 Å². The third kappa shape index (κ3) is 5.07. The number of aliphatic hydroxyl groups excluding tert-OH is 1. The number of halogens is 1. The normalized spacial score (nSPS) is 10.4. The summed E-state index contributed by atoms with van der Waals surface area (Å²) in [4.78, 5) is 12.0. The van der Waals surface area contributed by atoms with Gasteiger partial charge in [0.25, 0.3) is 0 Å². The minimum Gasteiger partial charge on any atom is -0.494 e. The molecular formula is C18H20FNO3. The van der Waals surface area contributed by atoms with Gasteiger partial charge >= 0.3 is 0 Å². The molecule has 0 aliphatic carbocycles. The van der Waals surface area contributed by atoms with Crippen LogP contribution in [-0.2, 0) is 17.8 Å². The van der Waals surface area contributed by atoms with Crippen molar-refractivity contribution in [2.24, 2.45) is 0 Å². The van der Waals surface area contributed by atoms with E-state index in [1.54, 1.807) is 30.3 Å². The Morgan fingerprint density at radius 3 is 2.78 bits per heavy atom. The van der Waals surface area contributed by atoms with E-state index in [2.05, 4.69) is 5.32 Å². The van der Waals surface area contributed by atoms with E-state index in [1.807, 2.05) is 6.92 Å². The third-order valence-corrected chi connectivity index (χ3v) is 3.34. The standard InChI is InChI=1S/C18H20FNO3/c1-2-23-17-8-7-16(11-14(17)12-21)20-18(22)9-6-13-4-3-5-15(19)10-13/h3-5,7-8,10-11,21H,2,6,9,12H2,1H3,(H,20,22). The summed E-state index contributed by atoms with van der Waals surface area (Å²) in [6, 6.07) is 11.3. The van der Waals surface area contributed by atoms with Crippen molar-refractivity contribution in [1.29, 1.82) is 0 Å². The second kappa shape index (κ2) is 8.29. The minimum absolute atomic E-state index is 0.164. The molecule has 2 N–H and O–H groups in total. The van der Waals surface area contributed by atoms with Crippen LogP contribution in [0.25, 0.3) is 0 Å². The van der Waals surface area contributed by atoms with Crippen LogP contribution in [0.2, 0.25) is 0 Å². The number of aryl methyl sites for hydroxylation is 1. The molecule has 0 unspecified atom stereocenters. The summed E-state index contributed by atoms with van der Waals surface area (Å²) in [5, 5.41) is 12.1. The number of carbonyl (C=O) groups excluding carboxylic acids is 1. The van der Waals surface area contributed by atoms with Gasteiger partial charge in [-0.25, -0.2) is 4.39 Å². The van der Waals surface area contributed by atoms with Gasteiger partial charge in [0.1, 0.15) is 11.6 Å². The number of amides is 1. The van der Waals surface area contributed by atoms with Gasteiger partial charge in [-0.2, -0.15) is 0 Å². The Hall–Kier alpha value is -2.40. The lowest BCUT2D eigenvalue weighted by atomic mass is 10.1. The number of rotatable bonds is 7. The molecule has 0 heterocycles. The van der Waals surface area contributed by atoms with Crippen molar-refractivity contribution < 1.29 is 19.0 Å². The number of ether oxygens (including phenoxy) is 1. The molecule has 0 spiro atoms. The minimum atomic E-state index is -0.304. The van der Waals surface area contributed by atoms with Gasteiger partial charge < -0.3 is 15.2 Å². The summed E-state index contributed by atoms with van der Waals surface area (Å²) in [6.45, 7) is 2.21. The topological polar surface area (TPSA) is 58.6 Å². The molecule has 0 atom stereocenters.